The summed E-state index contributed by atoms with van der Waals surface area (Å²) in [7, 11) is 0. The first-order valence-electron chi connectivity index (χ1n) is 6.24. The van der Waals surface area contributed by atoms with Gasteiger partial charge in [0.1, 0.15) is 0 Å². The Morgan fingerprint density at radius 3 is 3.00 bits per heavy atom. The van der Waals surface area contributed by atoms with Crippen molar-refractivity contribution in [2.24, 2.45) is 11.8 Å². The molecule has 4 heteroatoms. The molecule has 2 heterocycles. The van der Waals surface area contributed by atoms with E-state index in [1.165, 1.54) is 0 Å². The molecule has 1 amide bonds. The van der Waals surface area contributed by atoms with Crippen LogP contribution in [0.3, 0.4) is 0 Å². The molecule has 2 aliphatic rings. The summed E-state index contributed by atoms with van der Waals surface area (Å²) in [6.07, 6.45) is 2.92. The summed E-state index contributed by atoms with van der Waals surface area (Å²) < 4.78 is 5.63. The van der Waals surface area contributed by atoms with E-state index in [0.29, 0.717) is 18.4 Å². The van der Waals surface area contributed by atoms with E-state index in [2.05, 4.69) is 6.92 Å². The summed E-state index contributed by atoms with van der Waals surface area (Å²) in [6.45, 7) is 4.62. The Labute approximate surface area is 96.6 Å². The fourth-order valence-electron chi connectivity index (χ4n) is 2.79. The number of likely N-dealkylation sites (tertiary alicyclic amines) is 1. The van der Waals surface area contributed by atoms with Crippen LogP contribution >= 0.6 is 0 Å². The van der Waals surface area contributed by atoms with Gasteiger partial charge in [-0.25, -0.2) is 0 Å². The standard InChI is InChI=1S/C12H21NO3/c1-2-11-10(3-4-16-11)7-13-6-9(8-14)5-12(13)15/h9-11,14H,2-8H2,1H3. The van der Waals surface area contributed by atoms with Crippen LogP contribution in [0, 0.1) is 11.8 Å². The second-order valence-corrected chi connectivity index (χ2v) is 4.92. The van der Waals surface area contributed by atoms with E-state index < -0.39 is 0 Å². The molecule has 0 aromatic heterocycles. The zero-order chi connectivity index (χ0) is 11.5. The molecule has 92 valence electrons. The van der Waals surface area contributed by atoms with Crippen LogP contribution in [0.5, 0.6) is 0 Å². The molecule has 0 aliphatic carbocycles. The largest absolute Gasteiger partial charge is 0.396 e. The third-order valence-electron chi connectivity index (χ3n) is 3.76. The molecule has 3 atom stereocenters. The van der Waals surface area contributed by atoms with Crippen LogP contribution in [0.15, 0.2) is 0 Å². The molecule has 2 saturated heterocycles. The molecular weight excluding hydrogens is 206 g/mol. The first kappa shape index (κ1) is 11.9. The van der Waals surface area contributed by atoms with Gasteiger partial charge in [-0.05, 0) is 12.8 Å². The van der Waals surface area contributed by atoms with Crippen molar-refractivity contribution < 1.29 is 14.6 Å². The van der Waals surface area contributed by atoms with Crippen LogP contribution in [-0.2, 0) is 9.53 Å². The molecule has 2 aliphatic heterocycles. The van der Waals surface area contributed by atoms with Gasteiger partial charge in [-0.2, -0.15) is 0 Å². The Balaban J connectivity index is 1.87. The Bertz CT molecular complexity index is 257. The summed E-state index contributed by atoms with van der Waals surface area (Å²) in [5, 5.41) is 9.06. The topological polar surface area (TPSA) is 49.8 Å². The molecule has 0 radical (unpaired) electrons. The SMILES string of the molecule is CCC1OCCC1CN1CC(CO)CC1=O. The lowest BCUT2D eigenvalue weighted by Crippen LogP contribution is -2.34. The minimum absolute atomic E-state index is 0.126. The summed E-state index contributed by atoms with van der Waals surface area (Å²) >= 11 is 0. The van der Waals surface area contributed by atoms with Gasteiger partial charge in [0.05, 0.1) is 6.10 Å². The summed E-state index contributed by atoms with van der Waals surface area (Å²) in [5.41, 5.74) is 0. The van der Waals surface area contributed by atoms with Crippen LogP contribution in [0.1, 0.15) is 26.2 Å². The van der Waals surface area contributed by atoms with Gasteiger partial charge in [-0.3, -0.25) is 4.79 Å². The van der Waals surface area contributed by atoms with Crippen molar-refractivity contribution >= 4 is 5.91 Å². The van der Waals surface area contributed by atoms with Crippen molar-refractivity contribution in [3.05, 3.63) is 0 Å². The van der Waals surface area contributed by atoms with Gasteiger partial charge in [-0.1, -0.05) is 6.92 Å². The van der Waals surface area contributed by atoms with E-state index in [0.717, 1.165) is 32.5 Å². The van der Waals surface area contributed by atoms with E-state index in [9.17, 15) is 4.79 Å². The highest BCUT2D eigenvalue weighted by molar-refractivity contribution is 5.78. The highest BCUT2D eigenvalue weighted by atomic mass is 16.5. The van der Waals surface area contributed by atoms with Gasteiger partial charge in [0, 0.05) is 44.6 Å². The number of rotatable bonds is 4. The van der Waals surface area contributed by atoms with Crippen molar-refractivity contribution in [1.29, 1.82) is 0 Å². The third kappa shape index (κ3) is 2.38. The Morgan fingerprint density at radius 2 is 2.38 bits per heavy atom. The summed E-state index contributed by atoms with van der Waals surface area (Å²) in [6, 6.07) is 0. The van der Waals surface area contributed by atoms with Crippen LogP contribution in [0.4, 0.5) is 0 Å². The number of carbonyl (C=O) groups excluding carboxylic acids is 1. The molecule has 0 saturated carbocycles. The normalized spacial score (nSPS) is 35.0. The molecule has 0 bridgehead atoms. The zero-order valence-electron chi connectivity index (χ0n) is 9.89. The lowest BCUT2D eigenvalue weighted by molar-refractivity contribution is -0.128. The van der Waals surface area contributed by atoms with E-state index >= 15 is 0 Å². The average molecular weight is 227 g/mol. The predicted molar refractivity (Wildman–Crippen MR) is 59.9 cm³/mol. The Kier molecular flexibility index (Phi) is 3.82. The minimum atomic E-state index is 0.126. The summed E-state index contributed by atoms with van der Waals surface area (Å²) in [4.78, 5) is 13.6. The van der Waals surface area contributed by atoms with E-state index in [-0.39, 0.29) is 18.4 Å². The second-order valence-electron chi connectivity index (χ2n) is 4.92. The summed E-state index contributed by atoms with van der Waals surface area (Å²) in [5.74, 6) is 0.835. The number of ether oxygens (including phenoxy) is 1. The molecule has 0 aromatic rings. The Hall–Kier alpha value is -0.610. The Morgan fingerprint density at radius 1 is 1.56 bits per heavy atom. The van der Waals surface area contributed by atoms with Crippen LogP contribution < -0.4 is 0 Å². The van der Waals surface area contributed by atoms with Crippen molar-refractivity contribution in [2.75, 3.05) is 26.3 Å². The second kappa shape index (κ2) is 5.15. The minimum Gasteiger partial charge on any atom is -0.396 e. The van der Waals surface area contributed by atoms with Gasteiger partial charge >= 0.3 is 0 Å². The highest BCUT2D eigenvalue weighted by Gasteiger charge is 2.34. The molecular formula is C12H21NO3. The van der Waals surface area contributed by atoms with Gasteiger partial charge < -0.3 is 14.7 Å². The highest BCUT2D eigenvalue weighted by Crippen LogP contribution is 2.27. The first-order chi connectivity index (χ1) is 7.74. The number of hydrogen-bond acceptors (Lipinski definition) is 3. The lowest BCUT2D eigenvalue weighted by atomic mass is 9.99. The monoisotopic (exact) mass is 227 g/mol. The molecule has 4 nitrogen and oxygen atoms in total. The van der Waals surface area contributed by atoms with Crippen molar-refractivity contribution in [3.8, 4) is 0 Å². The van der Waals surface area contributed by atoms with Crippen LogP contribution in [-0.4, -0.2) is 48.3 Å². The number of nitrogens with zero attached hydrogens (tertiary/aromatic N) is 1. The van der Waals surface area contributed by atoms with Crippen LogP contribution in [0.2, 0.25) is 0 Å². The number of amides is 1. The van der Waals surface area contributed by atoms with Gasteiger partial charge in [0.15, 0.2) is 0 Å². The van der Waals surface area contributed by atoms with Gasteiger partial charge in [0.2, 0.25) is 5.91 Å². The van der Waals surface area contributed by atoms with Crippen molar-refractivity contribution in [2.45, 2.75) is 32.3 Å². The predicted octanol–water partition coefficient (Wildman–Crippen LogP) is 0.642. The number of aliphatic hydroxyl groups is 1. The fraction of sp³-hybridized carbons (Fsp3) is 0.917. The third-order valence-corrected chi connectivity index (χ3v) is 3.76. The average Bonchev–Trinajstić information content (AvgIpc) is 2.86. The first-order valence-corrected chi connectivity index (χ1v) is 6.24. The quantitative estimate of drug-likeness (QED) is 0.767. The molecule has 1 N–H and O–H groups in total. The lowest BCUT2D eigenvalue weighted by Gasteiger charge is -2.23. The van der Waals surface area contributed by atoms with Crippen molar-refractivity contribution in [1.82, 2.24) is 4.90 Å². The number of hydrogen-bond donors (Lipinski definition) is 1. The number of carbonyl (C=O) groups is 1. The molecule has 0 spiro atoms. The van der Waals surface area contributed by atoms with Gasteiger partial charge in [0.25, 0.3) is 0 Å². The number of aliphatic hydroxyl groups excluding tert-OH is 1. The van der Waals surface area contributed by atoms with Gasteiger partial charge in [-0.15, -0.1) is 0 Å². The maximum Gasteiger partial charge on any atom is 0.223 e. The zero-order valence-corrected chi connectivity index (χ0v) is 9.89. The maximum absolute atomic E-state index is 11.7. The molecule has 2 rings (SSSR count). The fourth-order valence-corrected chi connectivity index (χ4v) is 2.79. The molecule has 3 unspecified atom stereocenters. The molecule has 0 aromatic carbocycles. The maximum atomic E-state index is 11.7. The molecule has 16 heavy (non-hydrogen) atoms. The molecule has 2 fully saturated rings. The van der Waals surface area contributed by atoms with E-state index in [4.69, 9.17) is 9.84 Å². The van der Waals surface area contributed by atoms with E-state index in [1.54, 1.807) is 0 Å². The van der Waals surface area contributed by atoms with E-state index in [1.807, 2.05) is 4.90 Å². The smallest absolute Gasteiger partial charge is 0.223 e. The van der Waals surface area contributed by atoms with Crippen LogP contribution in [0.25, 0.3) is 0 Å². The van der Waals surface area contributed by atoms with Crippen molar-refractivity contribution in [3.63, 3.8) is 0 Å².